The number of Topliss-reactive ketones (excluding diaryl/α,β-unsaturated/α-hetero) is 1. The third-order valence-electron chi connectivity index (χ3n) is 6.76. The lowest BCUT2D eigenvalue weighted by molar-refractivity contribution is -0.00945. The van der Waals surface area contributed by atoms with E-state index in [9.17, 15) is 4.79 Å². The Morgan fingerprint density at radius 3 is 2.06 bits per heavy atom. The summed E-state index contributed by atoms with van der Waals surface area (Å²) in [7, 11) is 0. The fourth-order valence-electron chi connectivity index (χ4n) is 5.14. The van der Waals surface area contributed by atoms with Crippen LogP contribution in [-0.2, 0) is 17.7 Å². The van der Waals surface area contributed by atoms with Gasteiger partial charge < -0.3 is 4.74 Å². The Morgan fingerprint density at radius 1 is 0.719 bits per heavy atom. The number of ether oxygens (including phenoxy) is 1. The minimum Gasteiger partial charge on any atom is -0.379 e. The SMILES string of the molecule is O=C(c1ccccc1)C(C(c1ccccc1)N1CCOCC1)N1CCc2ccccc2C1. The Balaban J connectivity index is 1.58. The smallest absolute Gasteiger partial charge is 0.181 e. The number of ketones is 1. The summed E-state index contributed by atoms with van der Waals surface area (Å²) in [6, 6.07) is 28.7. The molecule has 2 heterocycles. The molecule has 0 bridgehead atoms. The van der Waals surface area contributed by atoms with E-state index in [1.54, 1.807) is 0 Å². The number of hydrogen-bond donors (Lipinski definition) is 0. The van der Waals surface area contributed by atoms with E-state index in [-0.39, 0.29) is 17.9 Å². The zero-order chi connectivity index (χ0) is 21.8. The quantitative estimate of drug-likeness (QED) is 0.548. The van der Waals surface area contributed by atoms with E-state index < -0.39 is 0 Å². The summed E-state index contributed by atoms with van der Waals surface area (Å²) in [4.78, 5) is 19.0. The van der Waals surface area contributed by atoms with Crippen LogP contribution in [0.4, 0.5) is 0 Å². The normalized spacial score (nSPS) is 19.1. The maximum absolute atomic E-state index is 14.1. The summed E-state index contributed by atoms with van der Waals surface area (Å²) < 4.78 is 5.66. The average molecular weight is 427 g/mol. The molecule has 0 spiro atoms. The summed E-state index contributed by atoms with van der Waals surface area (Å²) >= 11 is 0. The molecule has 0 radical (unpaired) electrons. The Kier molecular flexibility index (Phi) is 6.44. The van der Waals surface area contributed by atoms with Gasteiger partial charge in [-0.2, -0.15) is 0 Å². The van der Waals surface area contributed by atoms with E-state index in [0.29, 0.717) is 13.2 Å². The van der Waals surface area contributed by atoms with Gasteiger partial charge in [0, 0.05) is 31.7 Å². The largest absolute Gasteiger partial charge is 0.379 e. The number of rotatable bonds is 6. The molecule has 4 nitrogen and oxygen atoms in total. The fourth-order valence-corrected chi connectivity index (χ4v) is 5.14. The van der Waals surface area contributed by atoms with Crippen molar-refractivity contribution in [2.75, 3.05) is 32.8 Å². The van der Waals surface area contributed by atoms with Crippen LogP contribution in [0.25, 0.3) is 0 Å². The summed E-state index contributed by atoms with van der Waals surface area (Å²) in [6.07, 6.45) is 0.972. The molecule has 0 saturated carbocycles. The Labute approximate surface area is 190 Å². The molecular formula is C28H30N2O2. The molecule has 0 N–H and O–H groups in total. The molecule has 0 amide bonds. The maximum Gasteiger partial charge on any atom is 0.181 e. The third kappa shape index (κ3) is 4.40. The number of fused-ring (bicyclic) bond motifs is 1. The first-order chi connectivity index (χ1) is 15.8. The van der Waals surface area contributed by atoms with Crippen LogP contribution in [0.1, 0.15) is 33.1 Å². The molecule has 1 saturated heterocycles. The maximum atomic E-state index is 14.1. The van der Waals surface area contributed by atoms with Gasteiger partial charge in [0.2, 0.25) is 0 Å². The van der Waals surface area contributed by atoms with Crippen molar-refractivity contribution in [1.29, 1.82) is 0 Å². The molecule has 3 aromatic carbocycles. The number of benzene rings is 3. The molecule has 3 aromatic rings. The van der Waals surface area contributed by atoms with E-state index in [1.807, 2.05) is 36.4 Å². The summed E-state index contributed by atoms with van der Waals surface area (Å²) in [5.41, 5.74) is 4.71. The second-order valence-corrected chi connectivity index (χ2v) is 8.67. The molecule has 0 aliphatic carbocycles. The van der Waals surface area contributed by atoms with Crippen molar-refractivity contribution in [2.45, 2.75) is 25.0 Å². The Bertz CT molecular complexity index is 1030. The highest BCUT2D eigenvalue weighted by Gasteiger charge is 2.40. The monoisotopic (exact) mass is 426 g/mol. The molecule has 4 heteroatoms. The van der Waals surface area contributed by atoms with E-state index >= 15 is 0 Å². The molecular weight excluding hydrogens is 396 g/mol. The standard InChI is InChI=1S/C28H30N2O2/c31-28(24-12-5-2-6-13-24)27(30-16-15-22-9-7-8-14-25(22)21-30)26(23-10-3-1-4-11-23)29-17-19-32-20-18-29/h1-14,26-27H,15-21H2. The van der Waals surface area contributed by atoms with Crippen LogP contribution in [0.3, 0.4) is 0 Å². The predicted octanol–water partition coefficient (Wildman–Crippen LogP) is 4.37. The Morgan fingerprint density at radius 2 is 1.34 bits per heavy atom. The van der Waals surface area contributed by atoms with Gasteiger partial charge in [0.1, 0.15) is 0 Å². The lowest BCUT2D eigenvalue weighted by Gasteiger charge is -2.44. The van der Waals surface area contributed by atoms with Crippen molar-refractivity contribution >= 4 is 5.78 Å². The highest BCUT2D eigenvalue weighted by atomic mass is 16.5. The van der Waals surface area contributed by atoms with Gasteiger partial charge in [-0.05, 0) is 23.1 Å². The van der Waals surface area contributed by atoms with Gasteiger partial charge in [0.05, 0.1) is 25.3 Å². The van der Waals surface area contributed by atoms with E-state index in [1.165, 1.54) is 16.7 Å². The van der Waals surface area contributed by atoms with Crippen LogP contribution >= 0.6 is 0 Å². The number of nitrogens with zero attached hydrogens (tertiary/aromatic N) is 2. The molecule has 164 valence electrons. The van der Waals surface area contributed by atoms with E-state index in [0.717, 1.165) is 38.2 Å². The van der Waals surface area contributed by atoms with Gasteiger partial charge in [-0.15, -0.1) is 0 Å². The predicted molar refractivity (Wildman–Crippen MR) is 127 cm³/mol. The van der Waals surface area contributed by atoms with Gasteiger partial charge in [-0.3, -0.25) is 14.6 Å². The van der Waals surface area contributed by atoms with Crippen LogP contribution < -0.4 is 0 Å². The van der Waals surface area contributed by atoms with Crippen LogP contribution in [0.2, 0.25) is 0 Å². The molecule has 5 rings (SSSR count). The second-order valence-electron chi connectivity index (χ2n) is 8.67. The second kappa shape index (κ2) is 9.78. The minimum atomic E-state index is -0.258. The average Bonchev–Trinajstić information content (AvgIpc) is 2.88. The zero-order valence-electron chi connectivity index (χ0n) is 18.4. The van der Waals surface area contributed by atoms with Crippen molar-refractivity contribution in [3.63, 3.8) is 0 Å². The van der Waals surface area contributed by atoms with Gasteiger partial charge in [-0.1, -0.05) is 84.9 Å². The topological polar surface area (TPSA) is 32.8 Å². The lowest BCUT2D eigenvalue weighted by atomic mass is 9.87. The summed E-state index contributed by atoms with van der Waals surface area (Å²) in [5, 5.41) is 0. The molecule has 2 atom stereocenters. The van der Waals surface area contributed by atoms with Gasteiger partial charge in [0.15, 0.2) is 5.78 Å². The number of carbonyl (C=O) groups excluding carboxylic acids is 1. The first-order valence-electron chi connectivity index (χ1n) is 11.6. The molecule has 32 heavy (non-hydrogen) atoms. The molecule has 0 aromatic heterocycles. The highest BCUT2D eigenvalue weighted by molar-refractivity contribution is 6.00. The minimum absolute atomic E-state index is 0.0157. The van der Waals surface area contributed by atoms with Gasteiger partial charge >= 0.3 is 0 Å². The van der Waals surface area contributed by atoms with Crippen molar-refractivity contribution < 1.29 is 9.53 Å². The van der Waals surface area contributed by atoms with Crippen LogP contribution in [-0.4, -0.2) is 54.5 Å². The van der Waals surface area contributed by atoms with Crippen LogP contribution in [0.5, 0.6) is 0 Å². The van der Waals surface area contributed by atoms with Crippen molar-refractivity contribution in [3.05, 3.63) is 107 Å². The number of carbonyl (C=O) groups is 1. The summed E-state index contributed by atoms with van der Waals surface area (Å²) in [6.45, 7) is 4.77. The fraction of sp³-hybridized carbons (Fsp3) is 0.321. The highest BCUT2D eigenvalue weighted by Crippen LogP contribution is 2.33. The van der Waals surface area contributed by atoms with Gasteiger partial charge in [-0.25, -0.2) is 0 Å². The Hall–Kier alpha value is -2.79. The van der Waals surface area contributed by atoms with Crippen molar-refractivity contribution in [1.82, 2.24) is 9.80 Å². The zero-order valence-corrected chi connectivity index (χ0v) is 18.4. The van der Waals surface area contributed by atoms with E-state index in [4.69, 9.17) is 4.74 Å². The van der Waals surface area contributed by atoms with Crippen molar-refractivity contribution in [2.24, 2.45) is 0 Å². The first kappa shape index (κ1) is 21.1. The van der Waals surface area contributed by atoms with Crippen LogP contribution in [0, 0.1) is 0 Å². The third-order valence-corrected chi connectivity index (χ3v) is 6.76. The van der Waals surface area contributed by atoms with Crippen molar-refractivity contribution in [3.8, 4) is 0 Å². The lowest BCUT2D eigenvalue weighted by Crippen LogP contribution is -2.54. The van der Waals surface area contributed by atoms with Crippen LogP contribution in [0.15, 0.2) is 84.9 Å². The molecule has 2 aliphatic heterocycles. The van der Waals surface area contributed by atoms with E-state index in [2.05, 4.69) is 58.3 Å². The molecule has 2 unspecified atom stereocenters. The summed E-state index contributed by atoms with van der Waals surface area (Å²) in [5.74, 6) is 0.199. The van der Waals surface area contributed by atoms with Gasteiger partial charge in [0.25, 0.3) is 0 Å². The molecule has 1 fully saturated rings. The number of morpholine rings is 1. The number of hydrogen-bond acceptors (Lipinski definition) is 4. The molecule has 2 aliphatic rings. The first-order valence-corrected chi connectivity index (χ1v) is 11.6.